The van der Waals surface area contributed by atoms with E-state index in [0.717, 1.165) is 0 Å². The van der Waals surface area contributed by atoms with Gasteiger partial charge in [-0.2, -0.15) is 0 Å². The quantitative estimate of drug-likeness (QED) is 0.0358. The zero-order valence-corrected chi connectivity index (χ0v) is 49.6. The highest BCUT2D eigenvalue weighted by atomic mass is 16.5. The molecule has 24 heteroatoms. The van der Waals surface area contributed by atoms with Crippen molar-refractivity contribution in [2.45, 2.75) is 193 Å². The molecule has 82 heavy (non-hydrogen) atoms. The number of hydrogen-bond donors (Lipinski definition) is 13. The van der Waals surface area contributed by atoms with Gasteiger partial charge in [0, 0.05) is 44.6 Å². The van der Waals surface area contributed by atoms with Crippen molar-refractivity contribution in [2.75, 3.05) is 45.9 Å². The molecule has 6 amide bonds. The zero-order chi connectivity index (χ0) is 61.5. The van der Waals surface area contributed by atoms with E-state index in [1.807, 2.05) is 20.8 Å². The van der Waals surface area contributed by atoms with E-state index < -0.39 is 125 Å². The lowest BCUT2D eigenvalue weighted by molar-refractivity contribution is -0.154. The number of hydrogen-bond acceptors (Lipinski definition) is 18. The van der Waals surface area contributed by atoms with Gasteiger partial charge in [0.15, 0.2) is 11.6 Å². The van der Waals surface area contributed by atoms with Crippen LogP contribution in [0.1, 0.15) is 144 Å². The van der Waals surface area contributed by atoms with Crippen LogP contribution >= 0.6 is 0 Å². The summed E-state index contributed by atoms with van der Waals surface area (Å²) in [5.74, 6) is -9.13. The molecule has 0 aromatic heterocycles. The Morgan fingerprint density at radius 3 is 1.95 bits per heavy atom. The van der Waals surface area contributed by atoms with Gasteiger partial charge < -0.3 is 75.1 Å². The van der Waals surface area contributed by atoms with Crippen molar-refractivity contribution in [3.63, 3.8) is 0 Å². The number of nitrogens with one attached hydrogen (secondary N) is 7. The topological polar surface area (TPSA) is 409 Å². The Kier molecular flexibility index (Phi) is 33.7. The minimum atomic E-state index is -1.52. The second kappa shape index (κ2) is 38.2. The highest BCUT2D eigenvalue weighted by molar-refractivity contribution is 5.97. The van der Waals surface area contributed by atoms with Gasteiger partial charge in [0.25, 0.3) is 0 Å². The highest BCUT2D eigenvalue weighted by Gasteiger charge is 2.36. The van der Waals surface area contributed by atoms with Gasteiger partial charge in [-0.05, 0) is 142 Å². The third-order valence-corrected chi connectivity index (χ3v) is 14.9. The summed E-state index contributed by atoms with van der Waals surface area (Å²) in [5.41, 5.74) is 23.9. The summed E-state index contributed by atoms with van der Waals surface area (Å²) in [6, 6.07) is 1.49. The maximum Gasteiger partial charge on any atom is 0.311 e. The molecule has 0 spiro atoms. The second-order valence-electron chi connectivity index (χ2n) is 22.8. The third kappa shape index (κ3) is 26.2. The molecule has 1 aliphatic rings. The van der Waals surface area contributed by atoms with Crippen molar-refractivity contribution in [3.05, 3.63) is 35.9 Å². The second-order valence-corrected chi connectivity index (χ2v) is 22.8. The lowest BCUT2D eigenvalue weighted by atomic mass is 9.91. The third-order valence-electron chi connectivity index (χ3n) is 14.9. The molecule has 24 nitrogen and oxygen atoms in total. The fourth-order valence-electron chi connectivity index (χ4n) is 9.36. The zero-order valence-electron chi connectivity index (χ0n) is 49.6. The van der Waals surface area contributed by atoms with E-state index in [2.05, 4.69) is 37.2 Å². The Morgan fingerprint density at radius 1 is 0.744 bits per heavy atom. The molecule has 11 atom stereocenters. The molecule has 1 heterocycles. The number of rotatable bonds is 29. The molecule has 1 aromatic rings. The molecular formula is C58H99N11O13. The number of ether oxygens (including phenoxy) is 1. The molecule has 1 saturated heterocycles. The van der Waals surface area contributed by atoms with Crippen molar-refractivity contribution < 1.29 is 62.9 Å². The summed E-state index contributed by atoms with van der Waals surface area (Å²) in [5, 5.41) is 41.1. The summed E-state index contributed by atoms with van der Waals surface area (Å²) in [6.07, 6.45) is -1.19. The largest absolute Gasteiger partial charge is 0.465 e. The van der Waals surface area contributed by atoms with Crippen molar-refractivity contribution >= 4 is 58.8 Å². The number of carbonyl (C=O) groups excluding carboxylic acids is 10. The van der Waals surface area contributed by atoms with E-state index in [9.17, 15) is 58.2 Å². The Balaban J connectivity index is 2.56. The Morgan fingerprint density at radius 2 is 1.35 bits per heavy atom. The molecule has 1 aromatic carbocycles. The number of Topliss-reactive ketones (excluding diaryl/α,β-unsaturated/α-hetero) is 3. The normalized spacial score (nSPS) is 23.0. The van der Waals surface area contributed by atoms with Crippen molar-refractivity contribution in [1.82, 2.24) is 37.2 Å². The molecule has 0 saturated carbocycles. The van der Waals surface area contributed by atoms with E-state index in [1.54, 1.807) is 44.2 Å². The standard InChI is InChI=1S/C58H99N11O13/c1-8-58(6,7)57(81)82-28-14-10-13-17-41(72)33-42(36(4)70)52(76)65-43(19-24-60)48(73)31-39-22-27-63-56(80)50(37(5)71)69-51(75)40(18-23-59)32-49(74)44(20-25-61)66-54(78)46(29-35(2)3)67-55(79)47(30-38-15-11-9-12-16-38)68-53(77)45(21-26-62)64-34-39/h9,11-12,15-16,35-37,39-40,42-47,50,64,70-71H,8,10,13-14,17-34,59-62H2,1-7H3,(H,63,80)(H,65,76)(H,66,78)(H,67,79)(H,68,77)(H,69,75)/t36?,37?,39-,40-,42+,43+,44+,45+,46+,47-,50+/m1/s1. The monoisotopic (exact) mass is 1160 g/mol. The van der Waals surface area contributed by atoms with Crippen LogP contribution in [-0.4, -0.2) is 163 Å². The molecule has 2 rings (SSSR count). The number of aliphatic hydroxyl groups excluding tert-OH is 2. The van der Waals surface area contributed by atoms with Crippen LogP contribution in [0.15, 0.2) is 30.3 Å². The van der Waals surface area contributed by atoms with Gasteiger partial charge in [-0.1, -0.05) is 51.1 Å². The summed E-state index contributed by atoms with van der Waals surface area (Å²) >= 11 is 0. The number of ketones is 3. The first-order valence-electron chi connectivity index (χ1n) is 29.3. The van der Waals surface area contributed by atoms with Gasteiger partial charge in [-0.25, -0.2) is 0 Å². The van der Waals surface area contributed by atoms with Crippen LogP contribution in [0.25, 0.3) is 0 Å². The van der Waals surface area contributed by atoms with Crippen LogP contribution in [0, 0.1) is 29.1 Å². The minimum absolute atomic E-state index is 0.00321. The van der Waals surface area contributed by atoms with Crippen molar-refractivity contribution in [1.29, 1.82) is 0 Å². The number of benzene rings is 1. The van der Waals surface area contributed by atoms with Gasteiger partial charge in [-0.3, -0.25) is 47.9 Å². The van der Waals surface area contributed by atoms with E-state index in [4.69, 9.17) is 27.7 Å². The van der Waals surface area contributed by atoms with E-state index in [1.165, 1.54) is 13.8 Å². The lowest BCUT2D eigenvalue weighted by Gasteiger charge is -2.28. The van der Waals surface area contributed by atoms with Gasteiger partial charge in [0.05, 0.1) is 48.3 Å². The first-order valence-corrected chi connectivity index (χ1v) is 29.3. The van der Waals surface area contributed by atoms with Crippen LogP contribution in [0.5, 0.6) is 0 Å². The minimum Gasteiger partial charge on any atom is -0.465 e. The molecule has 0 radical (unpaired) electrons. The van der Waals surface area contributed by atoms with E-state index in [-0.39, 0.29) is 128 Å². The van der Waals surface area contributed by atoms with Crippen LogP contribution in [0.3, 0.4) is 0 Å². The molecule has 17 N–H and O–H groups in total. The molecule has 0 bridgehead atoms. The molecular weight excluding hydrogens is 1060 g/mol. The number of aliphatic hydroxyl groups is 2. The maximum absolute atomic E-state index is 14.4. The van der Waals surface area contributed by atoms with Crippen molar-refractivity contribution in [2.24, 2.45) is 52.0 Å². The van der Waals surface area contributed by atoms with Gasteiger partial charge in [0.2, 0.25) is 35.4 Å². The van der Waals surface area contributed by atoms with Crippen LogP contribution in [-0.2, 0) is 59.1 Å². The Bertz CT molecular complexity index is 2200. The van der Waals surface area contributed by atoms with Gasteiger partial charge >= 0.3 is 5.97 Å². The fourth-order valence-corrected chi connectivity index (χ4v) is 9.36. The smallest absolute Gasteiger partial charge is 0.311 e. The predicted molar refractivity (Wildman–Crippen MR) is 310 cm³/mol. The first kappa shape index (κ1) is 72.3. The van der Waals surface area contributed by atoms with Gasteiger partial charge in [0.1, 0.15) is 23.9 Å². The predicted octanol–water partition coefficient (Wildman–Crippen LogP) is -0.400. The summed E-state index contributed by atoms with van der Waals surface area (Å²) < 4.78 is 5.38. The molecule has 1 aliphatic heterocycles. The number of amides is 6. The Labute approximate surface area is 484 Å². The van der Waals surface area contributed by atoms with Gasteiger partial charge in [-0.15, -0.1) is 0 Å². The summed E-state index contributed by atoms with van der Waals surface area (Å²) in [4.78, 5) is 138. The van der Waals surface area contributed by atoms with Crippen LogP contribution < -0.4 is 60.2 Å². The maximum atomic E-state index is 14.4. The lowest BCUT2D eigenvalue weighted by Crippen LogP contribution is -2.58. The van der Waals surface area contributed by atoms with Crippen molar-refractivity contribution in [3.8, 4) is 0 Å². The molecule has 0 aliphatic carbocycles. The highest BCUT2D eigenvalue weighted by Crippen LogP contribution is 2.22. The average molecular weight is 1160 g/mol. The summed E-state index contributed by atoms with van der Waals surface area (Å²) in [7, 11) is 0. The first-order chi connectivity index (χ1) is 38.8. The average Bonchev–Trinajstić information content (AvgIpc) is 3.42. The number of unbranched alkanes of at least 4 members (excludes halogenated alkanes) is 2. The SMILES string of the molecule is CCC(C)(C)C(=O)OCCCCCC(=O)C[C@H](C(=O)N[C@@H](CCN)C(=O)C[C@H]1CCNC(=O)[C@H](C(C)O)NC(=O)[C@H](CCN)CC(=O)[C@H](CCN)NC(=O)[C@H](CC(C)C)NC(=O)[C@@H](Cc2ccccc2)NC(=O)[C@H](CCN)NC1)C(C)O. The summed E-state index contributed by atoms with van der Waals surface area (Å²) in [6.45, 7) is 11.8. The fraction of sp³-hybridized carbons (Fsp3) is 0.724. The molecule has 1 fully saturated rings. The van der Waals surface area contributed by atoms with E-state index >= 15 is 0 Å². The molecule has 2 unspecified atom stereocenters. The molecule has 464 valence electrons. The van der Waals surface area contributed by atoms with Crippen LogP contribution in [0.4, 0.5) is 0 Å². The van der Waals surface area contributed by atoms with E-state index in [0.29, 0.717) is 31.2 Å². The number of nitrogens with two attached hydrogens (primary N) is 4. The number of esters is 1. The number of carbonyl (C=O) groups is 10. The Hall–Kier alpha value is -5.76. The van der Waals surface area contributed by atoms with Crippen LogP contribution in [0.2, 0.25) is 0 Å².